The molecular formula is C24H30N7OP. The van der Waals surface area contributed by atoms with Gasteiger partial charge in [0, 0.05) is 36.6 Å². The number of fused-ring (bicyclic) bond motifs is 2. The minimum absolute atomic E-state index is 0.226. The van der Waals surface area contributed by atoms with Crippen molar-refractivity contribution < 1.29 is 4.57 Å². The lowest BCUT2D eigenvalue weighted by molar-refractivity contribution is 0.232. The van der Waals surface area contributed by atoms with Crippen molar-refractivity contribution in [1.29, 1.82) is 0 Å². The molecule has 2 aliphatic heterocycles. The average Bonchev–Trinajstić information content (AvgIpc) is 3.18. The van der Waals surface area contributed by atoms with Crippen molar-refractivity contribution in [2.45, 2.75) is 39.4 Å². The van der Waals surface area contributed by atoms with E-state index in [4.69, 9.17) is 9.97 Å². The molecule has 0 amide bonds. The normalized spacial score (nSPS) is 16.1. The molecule has 8 nitrogen and oxygen atoms in total. The number of rotatable bonds is 5. The number of benzene rings is 1. The van der Waals surface area contributed by atoms with E-state index < -0.39 is 7.14 Å². The third kappa shape index (κ3) is 4.38. The molecule has 33 heavy (non-hydrogen) atoms. The molecule has 3 aromatic rings. The van der Waals surface area contributed by atoms with E-state index >= 15 is 0 Å². The lowest BCUT2D eigenvalue weighted by Crippen LogP contribution is -2.40. The van der Waals surface area contributed by atoms with Crippen LogP contribution < -0.4 is 21.1 Å². The van der Waals surface area contributed by atoms with Crippen molar-refractivity contribution in [1.82, 2.24) is 25.3 Å². The Morgan fingerprint density at radius 3 is 2.73 bits per heavy atom. The van der Waals surface area contributed by atoms with Gasteiger partial charge in [-0.15, -0.1) is 0 Å². The van der Waals surface area contributed by atoms with Crippen molar-refractivity contribution in [3.8, 4) is 0 Å². The summed E-state index contributed by atoms with van der Waals surface area (Å²) in [4.78, 5) is 14.2. The monoisotopic (exact) mass is 463 g/mol. The summed E-state index contributed by atoms with van der Waals surface area (Å²) in [6.07, 6.45) is 2.94. The molecule has 1 aromatic carbocycles. The molecule has 5 rings (SSSR count). The van der Waals surface area contributed by atoms with Gasteiger partial charge in [0.1, 0.15) is 18.4 Å². The van der Waals surface area contributed by atoms with Crippen LogP contribution in [-0.2, 0) is 24.1 Å². The van der Waals surface area contributed by atoms with Gasteiger partial charge >= 0.3 is 0 Å². The highest BCUT2D eigenvalue weighted by Gasteiger charge is 2.34. The first-order valence-electron chi connectivity index (χ1n) is 11.3. The van der Waals surface area contributed by atoms with E-state index in [0.717, 1.165) is 36.6 Å². The van der Waals surface area contributed by atoms with Crippen LogP contribution in [0.15, 0.2) is 42.6 Å². The molecule has 0 bridgehead atoms. The maximum absolute atomic E-state index is 12.7. The predicted molar refractivity (Wildman–Crippen MR) is 133 cm³/mol. The van der Waals surface area contributed by atoms with Crippen LogP contribution in [-0.4, -0.2) is 45.9 Å². The maximum atomic E-state index is 12.7. The number of nitrogens with one attached hydrogen (secondary N) is 2. The molecule has 2 aliphatic rings. The molecule has 2 N–H and O–H groups in total. The third-order valence-corrected chi connectivity index (χ3v) is 7.42. The Labute approximate surface area is 194 Å². The molecule has 0 atom stereocenters. The van der Waals surface area contributed by atoms with Gasteiger partial charge in [0.2, 0.25) is 5.95 Å². The van der Waals surface area contributed by atoms with E-state index in [0.29, 0.717) is 23.7 Å². The number of hydrazine groups is 1. The Balaban J connectivity index is 1.50. The fourth-order valence-electron chi connectivity index (χ4n) is 4.29. The highest BCUT2D eigenvalue weighted by molar-refractivity contribution is 7.69. The SMILES string of the molecule is CC(C)N1Cc2cnc(Nc3ccc4c(c3)CNCC4)nc2N1c1cccc(P(C)(C)=O)n1. The molecule has 0 spiro atoms. The van der Waals surface area contributed by atoms with Crippen LogP contribution in [0.2, 0.25) is 0 Å². The Morgan fingerprint density at radius 2 is 1.94 bits per heavy atom. The molecule has 0 unspecified atom stereocenters. The van der Waals surface area contributed by atoms with E-state index in [1.165, 1.54) is 11.1 Å². The summed E-state index contributed by atoms with van der Waals surface area (Å²) < 4.78 is 12.7. The van der Waals surface area contributed by atoms with Gasteiger partial charge in [-0.1, -0.05) is 12.1 Å². The number of nitrogens with zero attached hydrogens (tertiary/aromatic N) is 5. The van der Waals surface area contributed by atoms with Gasteiger partial charge in [-0.2, -0.15) is 4.98 Å². The Hall–Kier alpha value is -2.80. The first kappa shape index (κ1) is 22.0. The lowest BCUT2D eigenvalue weighted by Gasteiger charge is -2.32. The zero-order valence-corrected chi connectivity index (χ0v) is 20.4. The summed E-state index contributed by atoms with van der Waals surface area (Å²) >= 11 is 0. The van der Waals surface area contributed by atoms with Gasteiger partial charge in [-0.3, -0.25) is 0 Å². The Bertz CT molecular complexity index is 1240. The zero-order valence-electron chi connectivity index (χ0n) is 19.5. The van der Waals surface area contributed by atoms with Gasteiger partial charge in [-0.25, -0.2) is 20.0 Å². The molecule has 4 heterocycles. The fraction of sp³-hybridized carbons (Fsp3) is 0.375. The lowest BCUT2D eigenvalue weighted by atomic mass is 10.0. The van der Waals surface area contributed by atoms with E-state index in [2.05, 4.69) is 52.7 Å². The van der Waals surface area contributed by atoms with Crippen LogP contribution in [0.3, 0.4) is 0 Å². The van der Waals surface area contributed by atoms with Crippen molar-refractivity contribution in [3.05, 3.63) is 59.3 Å². The van der Waals surface area contributed by atoms with Crippen molar-refractivity contribution >= 4 is 35.8 Å². The second kappa shape index (κ2) is 8.52. The summed E-state index contributed by atoms with van der Waals surface area (Å²) in [6, 6.07) is 12.3. The second-order valence-corrected chi connectivity index (χ2v) is 12.4. The summed E-state index contributed by atoms with van der Waals surface area (Å²) in [5.41, 5.74) is 5.33. The van der Waals surface area contributed by atoms with E-state index in [9.17, 15) is 4.57 Å². The molecule has 9 heteroatoms. The molecular weight excluding hydrogens is 433 g/mol. The van der Waals surface area contributed by atoms with Gasteiger partial charge in [0.15, 0.2) is 5.82 Å². The zero-order chi connectivity index (χ0) is 23.2. The second-order valence-electron chi connectivity index (χ2n) is 9.29. The van der Waals surface area contributed by atoms with Gasteiger partial charge in [-0.05, 0) is 75.5 Å². The summed E-state index contributed by atoms with van der Waals surface area (Å²) in [7, 11) is -2.49. The number of aromatic nitrogens is 3. The highest BCUT2D eigenvalue weighted by Crippen LogP contribution is 2.39. The van der Waals surface area contributed by atoms with Gasteiger partial charge in [0.05, 0.1) is 0 Å². The number of anilines is 4. The van der Waals surface area contributed by atoms with Crippen molar-refractivity contribution in [3.63, 3.8) is 0 Å². The van der Waals surface area contributed by atoms with Crippen LogP contribution in [0.4, 0.5) is 23.3 Å². The molecule has 0 aliphatic carbocycles. The molecule has 2 aromatic heterocycles. The first-order valence-corrected chi connectivity index (χ1v) is 13.9. The highest BCUT2D eigenvalue weighted by atomic mass is 31.2. The van der Waals surface area contributed by atoms with Crippen LogP contribution in [0, 0.1) is 0 Å². The minimum Gasteiger partial charge on any atom is -0.324 e. The van der Waals surface area contributed by atoms with Crippen LogP contribution in [0.1, 0.15) is 30.5 Å². The van der Waals surface area contributed by atoms with Crippen LogP contribution >= 0.6 is 7.14 Å². The topological polar surface area (TPSA) is 86.3 Å². The number of hydrogen-bond donors (Lipinski definition) is 2. The molecule has 0 radical (unpaired) electrons. The standard InChI is InChI=1S/C24H30N7OP/c1-16(2)30-15-19-14-26-24(27-20-9-8-17-10-11-25-13-18(17)12-20)29-23(19)31(30)21-6-5-7-22(28-21)33(3,4)32/h5-9,12,14,16,25H,10-11,13,15H2,1-4H3,(H,26,27,29). The predicted octanol–water partition coefficient (Wildman–Crippen LogP) is 3.79. The molecule has 0 saturated carbocycles. The number of hydrogen-bond acceptors (Lipinski definition) is 8. The van der Waals surface area contributed by atoms with E-state index in [-0.39, 0.29) is 6.04 Å². The third-order valence-electron chi connectivity index (χ3n) is 6.07. The van der Waals surface area contributed by atoms with Gasteiger partial charge in [0.25, 0.3) is 0 Å². The fourth-order valence-corrected chi connectivity index (χ4v) is 5.08. The minimum atomic E-state index is -2.49. The Morgan fingerprint density at radius 1 is 1.09 bits per heavy atom. The summed E-state index contributed by atoms with van der Waals surface area (Å²) in [5, 5.41) is 11.0. The Kier molecular flexibility index (Phi) is 5.69. The van der Waals surface area contributed by atoms with E-state index in [1.54, 1.807) is 13.3 Å². The average molecular weight is 464 g/mol. The quantitative estimate of drug-likeness (QED) is 0.553. The molecule has 0 saturated heterocycles. The largest absolute Gasteiger partial charge is 0.324 e. The first-order chi connectivity index (χ1) is 15.8. The summed E-state index contributed by atoms with van der Waals surface area (Å²) in [5.74, 6) is 2.06. The van der Waals surface area contributed by atoms with Gasteiger partial charge < -0.3 is 15.2 Å². The number of pyridine rings is 1. The van der Waals surface area contributed by atoms with Crippen molar-refractivity contribution in [2.75, 3.05) is 30.2 Å². The van der Waals surface area contributed by atoms with Crippen LogP contribution in [0.25, 0.3) is 0 Å². The smallest absolute Gasteiger partial charge is 0.229 e. The van der Waals surface area contributed by atoms with E-state index in [1.807, 2.05) is 29.4 Å². The molecule has 172 valence electrons. The molecule has 0 fully saturated rings. The maximum Gasteiger partial charge on any atom is 0.229 e. The van der Waals surface area contributed by atoms with Crippen LogP contribution in [0.5, 0.6) is 0 Å². The summed E-state index contributed by atoms with van der Waals surface area (Å²) in [6.45, 7) is 10.4. The van der Waals surface area contributed by atoms with Crippen molar-refractivity contribution in [2.24, 2.45) is 0 Å².